The number of nitrogens with one attached hydrogen (secondary N) is 2. The fourth-order valence-corrected chi connectivity index (χ4v) is 3.23. The average Bonchev–Trinajstić information content (AvgIpc) is 3.51. The molecule has 4 heterocycles. The molecule has 5 rings (SSSR count). The Morgan fingerprint density at radius 1 is 1.18 bits per heavy atom. The second kappa shape index (κ2) is 8.36. The maximum absolute atomic E-state index is 11.2. The molecule has 0 spiro atoms. The van der Waals surface area contributed by atoms with Gasteiger partial charge in [0.25, 0.3) is 5.95 Å². The van der Waals surface area contributed by atoms with Gasteiger partial charge in [0.2, 0.25) is 11.6 Å². The molecule has 0 fully saturated rings. The van der Waals surface area contributed by atoms with Gasteiger partial charge in [0.1, 0.15) is 11.6 Å². The van der Waals surface area contributed by atoms with Crippen LogP contribution in [0.15, 0.2) is 59.2 Å². The van der Waals surface area contributed by atoms with E-state index < -0.39 is 0 Å². The van der Waals surface area contributed by atoms with E-state index in [9.17, 15) is 10.1 Å². The summed E-state index contributed by atoms with van der Waals surface area (Å²) < 4.78 is 2.84. The number of nitrogens with zero attached hydrogens (tertiary/aromatic N) is 10. The number of nitriles is 1. The molecule has 13 nitrogen and oxygen atoms in total. The molecule has 0 saturated heterocycles. The fraction of sp³-hybridized carbons (Fsp3) is 0.0952. The van der Waals surface area contributed by atoms with Crippen molar-refractivity contribution in [3.05, 3.63) is 60.2 Å². The molecule has 0 radical (unpaired) electrons. The Bertz CT molecular complexity index is 1570. The number of carbonyl (C=O) groups is 1. The summed E-state index contributed by atoms with van der Waals surface area (Å²) >= 11 is 0. The molecule has 5 aromatic rings. The molecule has 0 bridgehead atoms. The van der Waals surface area contributed by atoms with Gasteiger partial charge in [-0.3, -0.25) is 9.89 Å². The lowest BCUT2D eigenvalue weighted by Gasteiger charge is -2.02. The third kappa shape index (κ3) is 3.75. The highest BCUT2D eigenvalue weighted by atomic mass is 16.1. The van der Waals surface area contributed by atoms with Gasteiger partial charge in [0, 0.05) is 30.6 Å². The van der Waals surface area contributed by atoms with Gasteiger partial charge in [-0.1, -0.05) is 0 Å². The number of azo groups is 1. The van der Waals surface area contributed by atoms with Gasteiger partial charge in [0.15, 0.2) is 17.3 Å². The minimum Gasteiger partial charge on any atom is -0.326 e. The van der Waals surface area contributed by atoms with Crippen LogP contribution in [0.3, 0.4) is 0 Å². The summed E-state index contributed by atoms with van der Waals surface area (Å²) in [6.07, 6.45) is 4.51. The predicted molar refractivity (Wildman–Crippen MR) is 120 cm³/mol. The molecule has 0 saturated carbocycles. The minimum atomic E-state index is -0.147. The van der Waals surface area contributed by atoms with Crippen molar-refractivity contribution in [2.75, 3.05) is 5.32 Å². The van der Waals surface area contributed by atoms with Gasteiger partial charge in [-0.25, -0.2) is 15.0 Å². The number of aromatic amines is 1. The van der Waals surface area contributed by atoms with Crippen molar-refractivity contribution in [3.63, 3.8) is 0 Å². The number of anilines is 1. The summed E-state index contributed by atoms with van der Waals surface area (Å²) in [5, 5.41) is 32.5. The van der Waals surface area contributed by atoms with Crippen LogP contribution in [-0.2, 0) is 4.79 Å². The van der Waals surface area contributed by atoms with E-state index in [2.05, 4.69) is 45.8 Å². The van der Waals surface area contributed by atoms with Crippen LogP contribution in [0.1, 0.15) is 18.2 Å². The van der Waals surface area contributed by atoms with Gasteiger partial charge < -0.3 is 5.32 Å². The van der Waals surface area contributed by atoms with Crippen LogP contribution in [0.5, 0.6) is 0 Å². The van der Waals surface area contributed by atoms with Gasteiger partial charge in [0.05, 0.1) is 11.9 Å². The first kappa shape index (κ1) is 20.6. The molecule has 0 atom stereocenters. The Balaban J connectivity index is 1.51. The minimum absolute atomic E-state index is 0.147. The normalized spacial score (nSPS) is 11.2. The molecule has 2 N–H and O–H groups in total. The number of rotatable bonds is 5. The van der Waals surface area contributed by atoms with Crippen LogP contribution in [0.25, 0.3) is 23.0 Å². The zero-order valence-electron chi connectivity index (χ0n) is 18.0. The van der Waals surface area contributed by atoms with Crippen molar-refractivity contribution < 1.29 is 4.79 Å². The van der Waals surface area contributed by atoms with Crippen molar-refractivity contribution >= 4 is 28.7 Å². The number of aromatic nitrogens is 8. The number of aryl methyl sites for hydroxylation is 1. The highest BCUT2D eigenvalue weighted by Gasteiger charge is 2.17. The predicted octanol–water partition coefficient (Wildman–Crippen LogP) is 3.25. The zero-order valence-corrected chi connectivity index (χ0v) is 18.0. The molecule has 4 aromatic heterocycles. The lowest BCUT2D eigenvalue weighted by atomic mass is 10.2. The standard InChI is InChI=1S/C21H16N12O/c1-12-17(28-29-19-15(10-22)11-25-32(19)21-23-8-3-9-24-21)20-27-18(31-33(20)30-12)14-4-6-16(7-5-14)26-13(2)34/h3-9,11,30H,1-2H3,(H,26,34). The smallest absolute Gasteiger partial charge is 0.252 e. The van der Waals surface area contributed by atoms with E-state index in [0.29, 0.717) is 28.5 Å². The van der Waals surface area contributed by atoms with Gasteiger partial charge >= 0.3 is 0 Å². The molecule has 0 aliphatic rings. The maximum Gasteiger partial charge on any atom is 0.252 e. The van der Waals surface area contributed by atoms with Crippen molar-refractivity contribution in [1.82, 2.24) is 39.6 Å². The second-order valence-electron chi connectivity index (χ2n) is 7.17. The van der Waals surface area contributed by atoms with Crippen molar-refractivity contribution in [2.24, 2.45) is 10.2 Å². The third-order valence-corrected chi connectivity index (χ3v) is 4.76. The SMILES string of the molecule is CC(=O)Nc1ccc(-c2nc3c(N=Nc4c(C#N)cnn4-c4ncccn4)c(C)[nH]n3n2)cc1. The first-order valence-electron chi connectivity index (χ1n) is 10.0. The van der Waals surface area contributed by atoms with Gasteiger partial charge in [-0.2, -0.15) is 19.7 Å². The summed E-state index contributed by atoms with van der Waals surface area (Å²) in [5.41, 5.74) is 3.27. The number of benzene rings is 1. The molecule has 34 heavy (non-hydrogen) atoms. The quantitative estimate of drug-likeness (QED) is 0.386. The Morgan fingerprint density at radius 2 is 1.94 bits per heavy atom. The number of hydrogen-bond donors (Lipinski definition) is 2. The first-order chi connectivity index (χ1) is 16.5. The van der Waals surface area contributed by atoms with E-state index in [1.807, 2.05) is 25.1 Å². The summed E-state index contributed by atoms with van der Waals surface area (Å²) in [6.45, 7) is 3.26. The topological polar surface area (TPSA) is 167 Å². The monoisotopic (exact) mass is 452 g/mol. The average molecular weight is 452 g/mol. The number of fused-ring (bicyclic) bond motifs is 1. The maximum atomic E-state index is 11.2. The molecule has 0 aliphatic heterocycles. The largest absolute Gasteiger partial charge is 0.326 e. The summed E-state index contributed by atoms with van der Waals surface area (Å²) in [5.74, 6) is 0.783. The molecular formula is C21H16N12O. The molecule has 166 valence electrons. The number of carbonyl (C=O) groups excluding carboxylic acids is 1. The molecule has 0 unspecified atom stereocenters. The van der Waals surface area contributed by atoms with Crippen molar-refractivity contribution in [2.45, 2.75) is 13.8 Å². The Hall–Kier alpha value is -5.25. The van der Waals surface area contributed by atoms with E-state index in [1.54, 1.807) is 30.6 Å². The first-order valence-corrected chi connectivity index (χ1v) is 10.0. The van der Waals surface area contributed by atoms with Crippen LogP contribution < -0.4 is 5.32 Å². The number of amides is 1. The van der Waals surface area contributed by atoms with Crippen molar-refractivity contribution in [1.29, 1.82) is 5.26 Å². The lowest BCUT2D eigenvalue weighted by Crippen LogP contribution is -2.05. The summed E-state index contributed by atoms with van der Waals surface area (Å²) in [7, 11) is 0. The van der Waals surface area contributed by atoms with Crippen LogP contribution in [0.4, 0.5) is 17.2 Å². The molecular weight excluding hydrogens is 436 g/mol. The Kier molecular flexibility index (Phi) is 5.07. The van der Waals surface area contributed by atoms with Crippen LogP contribution in [0, 0.1) is 18.3 Å². The van der Waals surface area contributed by atoms with Crippen molar-refractivity contribution in [3.8, 4) is 23.4 Å². The third-order valence-electron chi connectivity index (χ3n) is 4.76. The summed E-state index contributed by atoms with van der Waals surface area (Å²) in [6, 6.07) is 10.9. The van der Waals surface area contributed by atoms with Crippen LogP contribution in [-0.4, -0.2) is 45.5 Å². The highest BCUT2D eigenvalue weighted by molar-refractivity contribution is 5.88. The van der Waals surface area contributed by atoms with Crippen LogP contribution in [0.2, 0.25) is 0 Å². The zero-order chi connectivity index (χ0) is 23.7. The van der Waals surface area contributed by atoms with Crippen LogP contribution >= 0.6 is 0 Å². The Labute approximate surface area is 191 Å². The molecule has 1 amide bonds. The van der Waals surface area contributed by atoms with E-state index in [1.165, 1.54) is 22.4 Å². The van der Waals surface area contributed by atoms with E-state index in [0.717, 1.165) is 5.56 Å². The molecule has 1 aromatic carbocycles. The van der Waals surface area contributed by atoms with E-state index >= 15 is 0 Å². The number of hydrogen-bond acceptors (Lipinski definition) is 9. The van der Waals surface area contributed by atoms with Gasteiger partial charge in [-0.15, -0.1) is 15.3 Å². The summed E-state index contributed by atoms with van der Waals surface area (Å²) in [4.78, 5) is 24.1. The molecule has 13 heteroatoms. The van der Waals surface area contributed by atoms with E-state index in [4.69, 9.17) is 0 Å². The lowest BCUT2D eigenvalue weighted by molar-refractivity contribution is -0.114. The second-order valence-corrected chi connectivity index (χ2v) is 7.17. The van der Waals surface area contributed by atoms with Gasteiger partial charge in [-0.05, 0) is 37.3 Å². The molecule has 0 aliphatic carbocycles. The number of H-pyrrole nitrogens is 1. The Morgan fingerprint density at radius 3 is 2.65 bits per heavy atom. The fourth-order valence-electron chi connectivity index (χ4n) is 3.23. The highest BCUT2D eigenvalue weighted by Crippen LogP contribution is 2.29. The van der Waals surface area contributed by atoms with E-state index in [-0.39, 0.29) is 23.2 Å².